The van der Waals surface area contributed by atoms with Crippen molar-refractivity contribution in [3.8, 4) is 45.4 Å². The third-order valence-corrected chi connectivity index (χ3v) is 6.84. The Labute approximate surface area is 206 Å². The Kier molecular flexibility index (Phi) is 6.45. The smallest absolute Gasteiger partial charge is 0.340 e. The van der Waals surface area contributed by atoms with Gasteiger partial charge in [-0.2, -0.15) is 0 Å². The minimum Gasteiger partial charge on any atom is -0.507 e. The predicted molar refractivity (Wildman–Crippen MR) is 135 cm³/mol. The predicted octanol–water partition coefficient (Wildman–Crippen LogP) is 5.77. The Morgan fingerprint density at radius 2 is 1.66 bits per heavy atom. The number of phenolic OH excluding ortho intramolecular Hbond substituents is 1. The van der Waals surface area contributed by atoms with Crippen LogP contribution in [0.2, 0.25) is 0 Å². The molecule has 1 N–H and O–H groups in total. The molecule has 0 saturated carbocycles. The zero-order valence-electron chi connectivity index (χ0n) is 21.7. The van der Waals surface area contributed by atoms with E-state index in [-0.39, 0.29) is 18.4 Å². The van der Waals surface area contributed by atoms with Gasteiger partial charge < -0.3 is 28.6 Å². The van der Waals surface area contributed by atoms with Gasteiger partial charge in [-0.25, -0.2) is 4.79 Å². The first kappa shape index (κ1) is 24.5. The van der Waals surface area contributed by atoms with Gasteiger partial charge in [-0.1, -0.05) is 0 Å². The number of carbonyl (C=O) groups is 1. The van der Waals surface area contributed by atoms with E-state index in [1.165, 1.54) is 0 Å². The molecule has 0 fully saturated rings. The third-order valence-electron chi connectivity index (χ3n) is 6.84. The van der Waals surface area contributed by atoms with Crippen molar-refractivity contribution in [2.24, 2.45) is 0 Å². The first-order valence-electron chi connectivity index (χ1n) is 11.7. The first-order chi connectivity index (χ1) is 16.7. The van der Waals surface area contributed by atoms with Crippen molar-refractivity contribution in [3.05, 3.63) is 46.1 Å². The zero-order chi connectivity index (χ0) is 25.6. The van der Waals surface area contributed by atoms with Gasteiger partial charge in [0.2, 0.25) is 5.75 Å². The summed E-state index contributed by atoms with van der Waals surface area (Å²) >= 11 is 0. The number of hydrogen-bond donors (Lipinski definition) is 1. The maximum absolute atomic E-state index is 13.5. The number of carbonyl (C=O) groups excluding carboxylic acids is 1. The van der Waals surface area contributed by atoms with Crippen LogP contribution < -0.4 is 14.2 Å². The molecule has 0 spiro atoms. The average Bonchev–Trinajstić information content (AvgIpc) is 3.15. The monoisotopic (exact) mass is 479 g/mol. The molecule has 1 unspecified atom stereocenters. The zero-order valence-corrected chi connectivity index (χ0v) is 21.7. The topological polar surface area (TPSA) is 79.2 Å². The van der Waals surface area contributed by atoms with Crippen LogP contribution in [0.1, 0.15) is 52.6 Å². The minimum absolute atomic E-state index is 0.0470. The summed E-state index contributed by atoms with van der Waals surface area (Å²) in [5, 5.41) is 10.4. The summed E-state index contributed by atoms with van der Waals surface area (Å²) in [6.45, 7) is 9.94. The second-order valence-corrected chi connectivity index (χ2v) is 8.96. The van der Waals surface area contributed by atoms with Crippen LogP contribution in [-0.4, -0.2) is 43.6 Å². The molecule has 35 heavy (non-hydrogen) atoms. The summed E-state index contributed by atoms with van der Waals surface area (Å²) in [6, 6.07) is 5.79. The fourth-order valence-corrected chi connectivity index (χ4v) is 5.40. The lowest BCUT2D eigenvalue weighted by Gasteiger charge is -2.30. The minimum atomic E-state index is -0.392. The van der Waals surface area contributed by atoms with E-state index in [1.54, 1.807) is 28.3 Å². The number of hydrogen-bond acceptors (Lipinski definition) is 6. The van der Waals surface area contributed by atoms with E-state index in [4.69, 9.17) is 18.9 Å². The fourth-order valence-electron chi connectivity index (χ4n) is 5.40. The Bertz CT molecular complexity index is 1300. The molecule has 3 aromatic rings. The van der Waals surface area contributed by atoms with Crippen LogP contribution in [-0.2, 0) is 11.2 Å². The molecular weight excluding hydrogens is 446 g/mol. The molecule has 0 radical (unpaired) electrons. The van der Waals surface area contributed by atoms with E-state index in [0.717, 1.165) is 44.8 Å². The standard InChI is InChI=1S/C28H33NO6/c1-9-35-28(31)23-22(18-10-14(2)25(30)15(3)11-18)17(5)29-16(4)12-20-19(24(23)29)13-21(32-6)27(34-8)26(20)33-7/h10-11,13,16,30H,9,12H2,1-8H3. The molecule has 0 bridgehead atoms. The summed E-state index contributed by atoms with van der Waals surface area (Å²) < 4.78 is 24.8. The molecule has 1 aliphatic heterocycles. The number of aromatic nitrogens is 1. The summed E-state index contributed by atoms with van der Waals surface area (Å²) in [6.07, 6.45) is 0.691. The van der Waals surface area contributed by atoms with Crippen LogP contribution in [0, 0.1) is 20.8 Å². The van der Waals surface area contributed by atoms with Crippen molar-refractivity contribution in [2.45, 2.75) is 47.1 Å². The number of esters is 1. The van der Waals surface area contributed by atoms with Gasteiger partial charge in [0.05, 0.1) is 39.2 Å². The first-order valence-corrected chi connectivity index (χ1v) is 11.7. The largest absolute Gasteiger partial charge is 0.507 e. The number of benzene rings is 2. The van der Waals surface area contributed by atoms with Crippen molar-refractivity contribution in [1.82, 2.24) is 4.57 Å². The maximum atomic E-state index is 13.5. The quantitative estimate of drug-likeness (QED) is 0.452. The van der Waals surface area contributed by atoms with Crippen molar-refractivity contribution in [2.75, 3.05) is 27.9 Å². The second kappa shape index (κ2) is 9.21. The maximum Gasteiger partial charge on any atom is 0.340 e. The molecule has 7 heteroatoms. The number of aryl methyl sites for hydroxylation is 2. The van der Waals surface area contributed by atoms with E-state index < -0.39 is 5.97 Å². The van der Waals surface area contributed by atoms with Gasteiger partial charge in [-0.3, -0.25) is 0 Å². The molecule has 7 nitrogen and oxygen atoms in total. The summed E-state index contributed by atoms with van der Waals surface area (Å²) in [4.78, 5) is 13.5. The average molecular weight is 480 g/mol. The molecular formula is C28H33NO6. The highest BCUT2D eigenvalue weighted by Crippen LogP contribution is 2.52. The van der Waals surface area contributed by atoms with Gasteiger partial charge in [-0.05, 0) is 75.9 Å². The van der Waals surface area contributed by atoms with Crippen molar-refractivity contribution in [1.29, 1.82) is 0 Å². The molecule has 0 aliphatic carbocycles. The van der Waals surface area contributed by atoms with Gasteiger partial charge in [0.15, 0.2) is 11.5 Å². The normalized spacial score (nSPS) is 14.2. The van der Waals surface area contributed by atoms with E-state index in [2.05, 4.69) is 11.5 Å². The molecule has 4 rings (SSSR count). The van der Waals surface area contributed by atoms with E-state index in [0.29, 0.717) is 29.2 Å². The summed E-state index contributed by atoms with van der Waals surface area (Å²) in [5.41, 5.74) is 7.20. The highest BCUT2D eigenvalue weighted by molar-refractivity contribution is 6.06. The number of aromatic hydroxyl groups is 1. The summed E-state index contributed by atoms with van der Waals surface area (Å²) in [7, 11) is 4.78. The molecule has 186 valence electrons. The lowest BCUT2D eigenvalue weighted by atomic mass is 9.90. The number of methoxy groups -OCH3 is 3. The Balaban J connectivity index is 2.15. The highest BCUT2D eigenvalue weighted by atomic mass is 16.5. The van der Waals surface area contributed by atoms with Gasteiger partial charge in [-0.15, -0.1) is 0 Å². The van der Waals surface area contributed by atoms with Crippen LogP contribution in [0.4, 0.5) is 0 Å². The van der Waals surface area contributed by atoms with Crippen molar-refractivity contribution in [3.63, 3.8) is 0 Å². The van der Waals surface area contributed by atoms with Gasteiger partial charge in [0.1, 0.15) is 5.75 Å². The van der Waals surface area contributed by atoms with Gasteiger partial charge in [0, 0.05) is 28.4 Å². The van der Waals surface area contributed by atoms with Crippen LogP contribution in [0.5, 0.6) is 23.0 Å². The van der Waals surface area contributed by atoms with Crippen LogP contribution in [0.25, 0.3) is 22.4 Å². The molecule has 1 aliphatic rings. The molecule has 1 atom stereocenters. The lowest BCUT2D eigenvalue weighted by Crippen LogP contribution is -2.19. The Morgan fingerprint density at radius 1 is 1.03 bits per heavy atom. The molecule has 0 saturated heterocycles. The number of rotatable bonds is 6. The SMILES string of the molecule is CCOC(=O)c1c(-c2cc(C)c(O)c(C)c2)c(C)n2c1-c1cc(OC)c(OC)c(OC)c1CC2C. The van der Waals surface area contributed by atoms with Crippen molar-refractivity contribution >= 4 is 5.97 Å². The molecule has 2 heterocycles. The van der Waals surface area contributed by atoms with Gasteiger partial charge in [0.25, 0.3) is 0 Å². The molecule has 1 aromatic heterocycles. The number of ether oxygens (including phenoxy) is 4. The number of nitrogens with zero attached hydrogens (tertiary/aromatic N) is 1. The van der Waals surface area contributed by atoms with Gasteiger partial charge >= 0.3 is 5.97 Å². The molecule has 0 amide bonds. The van der Waals surface area contributed by atoms with E-state index in [1.807, 2.05) is 39.0 Å². The lowest BCUT2D eigenvalue weighted by molar-refractivity contribution is 0.0528. The third kappa shape index (κ3) is 3.70. The Hall–Kier alpha value is -3.61. The van der Waals surface area contributed by atoms with E-state index in [9.17, 15) is 9.90 Å². The van der Waals surface area contributed by atoms with Crippen molar-refractivity contribution < 1.29 is 28.8 Å². The summed E-state index contributed by atoms with van der Waals surface area (Å²) in [5.74, 6) is 1.52. The van der Waals surface area contributed by atoms with E-state index >= 15 is 0 Å². The highest BCUT2D eigenvalue weighted by Gasteiger charge is 2.37. The van der Waals surface area contributed by atoms with Crippen LogP contribution in [0.15, 0.2) is 18.2 Å². The van der Waals surface area contributed by atoms with Crippen LogP contribution in [0.3, 0.4) is 0 Å². The second-order valence-electron chi connectivity index (χ2n) is 8.96. The van der Waals surface area contributed by atoms with Crippen LogP contribution >= 0.6 is 0 Å². The number of phenols is 1. The fraction of sp³-hybridized carbons (Fsp3) is 0.393. The number of fused-ring (bicyclic) bond motifs is 3. The Morgan fingerprint density at radius 3 is 2.20 bits per heavy atom. The molecule has 2 aromatic carbocycles.